The molecule has 16 heavy (non-hydrogen) atoms. The van der Waals surface area contributed by atoms with Gasteiger partial charge in [-0.05, 0) is 19.8 Å². The van der Waals surface area contributed by atoms with Gasteiger partial charge in [-0.1, -0.05) is 0 Å². The molecule has 0 saturated carbocycles. The summed E-state index contributed by atoms with van der Waals surface area (Å²) in [7, 11) is 0. The van der Waals surface area contributed by atoms with E-state index in [9.17, 15) is 5.11 Å². The number of ether oxygens (including phenoxy) is 1. The Balaban J connectivity index is 2.11. The van der Waals surface area contributed by atoms with Gasteiger partial charge in [0.1, 0.15) is 12.1 Å². The van der Waals surface area contributed by atoms with Crippen molar-refractivity contribution in [1.82, 2.24) is 9.97 Å². The van der Waals surface area contributed by atoms with Crippen molar-refractivity contribution in [2.45, 2.75) is 25.3 Å². The summed E-state index contributed by atoms with van der Waals surface area (Å²) in [4.78, 5) is 8.20. The zero-order valence-electron chi connectivity index (χ0n) is 9.44. The highest BCUT2D eigenvalue weighted by Gasteiger charge is 2.32. The predicted molar refractivity (Wildman–Crippen MR) is 60.3 cm³/mol. The van der Waals surface area contributed by atoms with E-state index in [-0.39, 0.29) is 12.1 Å². The van der Waals surface area contributed by atoms with Crippen LogP contribution >= 0.6 is 0 Å². The topological polar surface area (TPSA) is 67.3 Å². The fourth-order valence-electron chi connectivity index (χ4n) is 1.88. The Hall–Kier alpha value is -1.20. The summed E-state index contributed by atoms with van der Waals surface area (Å²) in [5.74, 6) is 0.767. The minimum Gasteiger partial charge on any atom is -0.394 e. The van der Waals surface area contributed by atoms with Crippen molar-refractivity contribution in [2.75, 3.05) is 25.1 Å². The normalized spacial score (nSPS) is 19.4. The summed E-state index contributed by atoms with van der Waals surface area (Å²) < 4.78 is 5.30. The van der Waals surface area contributed by atoms with Gasteiger partial charge in [0.05, 0.1) is 12.1 Å². The van der Waals surface area contributed by atoms with Gasteiger partial charge in [-0.25, -0.2) is 9.97 Å². The summed E-state index contributed by atoms with van der Waals surface area (Å²) >= 11 is 0. The van der Waals surface area contributed by atoms with E-state index in [1.165, 1.54) is 6.33 Å². The summed E-state index contributed by atoms with van der Waals surface area (Å²) in [6, 6.07) is 1.88. The maximum absolute atomic E-state index is 9.51. The van der Waals surface area contributed by atoms with E-state index in [4.69, 9.17) is 4.74 Å². The van der Waals surface area contributed by atoms with Crippen molar-refractivity contribution in [2.24, 2.45) is 0 Å². The number of anilines is 1. The van der Waals surface area contributed by atoms with Crippen LogP contribution in [0, 0.1) is 6.92 Å². The Morgan fingerprint density at radius 1 is 1.44 bits per heavy atom. The number of hydrogen-bond donors (Lipinski definition) is 2. The van der Waals surface area contributed by atoms with Gasteiger partial charge >= 0.3 is 0 Å². The molecule has 1 aromatic heterocycles. The molecule has 88 valence electrons. The van der Waals surface area contributed by atoms with Crippen LogP contribution in [0.3, 0.4) is 0 Å². The first-order chi connectivity index (χ1) is 7.74. The van der Waals surface area contributed by atoms with E-state index in [2.05, 4.69) is 15.3 Å². The Morgan fingerprint density at radius 3 is 2.81 bits per heavy atom. The van der Waals surface area contributed by atoms with Crippen LogP contribution in [-0.4, -0.2) is 40.4 Å². The fourth-order valence-corrected chi connectivity index (χ4v) is 1.88. The van der Waals surface area contributed by atoms with Crippen molar-refractivity contribution < 1.29 is 9.84 Å². The molecule has 2 rings (SSSR count). The van der Waals surface area contributed by atoms with Crippen molar-refractivity contribution in [3.63, 3.8) is 0 Å². The highest BCUT2D eigenvalue weighted by atomic mass is 16.5. The Kier molecular flexibility index (Phi) is 3.36. The van der Waals surface area contributed by atoms with E-state index >= 15 is 0 Å². The van der Waals surface area contributed by atoms with E-state index in [0.717, 1.165) is 24.4 Å². The average molecular weight is 223 g/mol. The average Bonchev–Trinajstić information content (AvgIpc) is 2.30. The minimum absolute atomic E-state index is 0.0966. The molecule has 5 heteroatoms. The summed E-state index contributed by atoms with van der Waals surface area (Å²) in [5, 5.41) is 12.8. The third-order valence-electron chi connectivity index (χ3n) is 2.95. The maximum Gasteiger partial charge on any atom is 0.130 e. The molecule has 1 saturated heterocycles. The molecule has 0 bridgehead atoms. The summed E-state index contributed by atoms with van der Waals surface area (Å²) in [6.07, 6.45) is 3.13. The van der Waals surface area contributed by atoms with Crippen molar-refractivity contribution in [1.29, 1.82) is 0 Å². The molecular weight excluding hydrogens is 206 g/mol. The molecule has 1 aliphatic rings. The molecule has 1 aliphatic heterocycles. The minimum atomic E-state index is -0.293. The largest absolute Gasteiger partial charge is 0.394 e. The van der Waals surface area contributed by atoms with Crippen LogP contribution in [0.1, 0.15) is 18.5 Å². The predicted octanol–water partition coefficient (Wildman–Crippen LogP) is 0.738. The molecular formula is C11H17N3O2. The first-order valence-electron chi connectivity index (χ1n) is 5.50. The van der Waals surface area contributed by atoms with Gasteiger partial charge in [-0.3, -0.25) is 0 Å². The molecule has 5 nitrogen and oxygen atoms in total. The molecule has 0 aliphatic carbocycles. The molecule has 0 unspecified atom stereocenters. The van der Waals surface area contributed by atoms with Crippen LogP contribution in [0.15, 0.2) is 12.4 Å². The van der Waals surface area contributed by atoms with Crippen LogP contribution in [0.5, 0.6) is 0 Å². The van der Waals surface area contributed by atoms with Gasteiger partial charge in [0.25, 0.3) is 0 Å². The second-order valence-corrected chi connectivity index (χ2v) is 4.22. The van der Waals surface area contributed by atoms with Crippen molar-refractivity contribution >= 4 is 5.82 Å². The van der Waals surface area contributed by atoms with Gasteiger partial charge in [0, 0.05) is 25.0 Å². The molecule has 1 aromatic rings. The zero-order valence-corrected chi connectivity index (χ0v) is 9.44. The Morgan fingerprint density at radius 2 is 2.19 bits per heavy atom. The van der Waals surface area contributed by atoms with Crippen molar-refractivity contribution in [3.8, 4) is 0 Å². The number of nitrogens with zero attached hydrogens (tertiary/aromatic N) is 2. The molecule has 0 spiro atoms. The monoisotopic (exact) mass is 223 g/mol. The maximum atomic E-state index is 9.51. The Bertz CT molecular complexity index is 351. The number of aliphatic hydroxyl groups excluding tert-OH is 1. The van der Waals surface area contributed by atoms with Gasteiger partial charge in [0.2, 0.25) is 0 Å². The molecule has 0 atom stereocenters. The van der Waals surface area contributed by atoms with E-state index in [0.29, 0.717) is 13.2 Å². The van der Waals surface area contributed by atoms with Crippen LogP contribution in [0.2, 0.25) is 0 Å². The number of hydrogen-bond acceptors (Lipinski definition) is 5. The quantitative estimate of drug-likeness (QED) is 0.791. The number of aliphatic hydroxyl groups is 1. The first kappa shape index (κ1) is 11.3. The molecule has 0 radical (unpaired) electrons. The standard InChI is InChI=1S/C11H17N3O2/c1-9-6-10(13-8-12-9)14-11(7-15)2-4-16-5-3-11/h6,8,15H,2-5,7H2,1H3,(H,12,13,14). The summed E-state index contributed by atoms with van der Waals surface area (Å²) in [6.45, 7) is 3.37. The second-order valence-electron chi connectivity index (χ2n) is 4.22. The first-order valence-corrected chi connectivity index (χ1v) is 5.50. The highest BCUT2D eigenvalue weighted by molar-refractivity contribution is 5.38. The van der Waals surface area contributed by atoms with Crippen molar-refractivity contribution in [3.05, 3.63) is 18.1 Å². The molecule has 0 amide bonds. The van der Waals surface area contributed by atoms with E-state index in [1.54, 1.807) is 0 Å². The third kappa shape index (κ3) is 2.48. The van der Waals surface area contributed by atoms with Crippen LogP contribution in [0.25, 0.3) is 0 Å². The SMILES string of the molecule is Cc1cc(NC2(CO)CCOCC2)ncn1. The van der Waals surface area contributed by atoms with E-state index < -0.39 is 0 Å². The molecule has 2 heterocycles. The lowest BCUT2D eigenvalue weighted by Gasteiger charge is -2.36. The summed E-state index contributed by atoms with van der Waals surface area (Å²) in [5.41, 5.74) is 0.622. The number of rotatable bonds is 3. The molecule has 1 fully saturated rings. The lowest BCUT2D eigenvalue weighted by Crippen LogP contribution is -2.47. The zero-order chi connectivity index (χ0) is 11.4. The lowest BCUT2D eigenvalue weighted by atomic mass is 9.91. The fraction of sp³-hybridized carbons (Fsp3) is 0.636. The van der Waals surface area contributed by atoms with Crippen LogP contribution in [0.4, 0.5) is 5.82 Å². The number of nitrogens with one attached hydrogen (secondary N) is 1. The molecule has 2 N–H and O–H groups in total. The van der Waals surface area contributed by atoms with Gasteiger partial charge < -0.3 is 15.2 Å². The molecule has 0 aromatic carbocycles. The lowest BCUT2D eigenvalue weighted by molar-refractivity contribution is 0.0378. The van der Waals surface area contributed by atoms with E-state index in [1.807, 2.05) is 13.0 Å². The van der Waals surface area contributed by atoms with Crippen LogP contribution < -0.4 is 5.32 Å². The highest BCUT2D eigenvalue weighted by Crippen LogP contribution is 2.24. The Labute approximate surface area is 94.9 Å². The second kappa shape index (κ2) is 4.76. The smallest absolute Gasteiger partial charge is 0.130 e. The number of aryl methyl sites for hydroxylation is 1. The van der Waals surface area contributed by atoms with Gasteiger partial charge in [-0.15, -0.1) is 0 Å². The third-order valence-corrected chi connectivity index (χ3v) is 2.95. The van der Waals surface area contributed by atoms with Crippen LogP contribution in [-0.2, 0) is 4.74 Å². The van der Waals surface area contributed by atoms with Gasteiger partial charge in [0.15, 0.2) is 0 Å². The van der Waals surface area contributed by atoms with Gasteiger partial charge in [-0.2, -0.15) is 0 Å². The number of aromatic nitrogens is 2.